The Morgan fingerprint density at radius 1 is 1.41 bits per heavy atom. The van der Waals surface area contributed by atoms with Gasteiger partial charge in [0, 0.05) is 31.8 Å². The number of hydrogen-bond donors (Lipinski definition) is 1. The van der Waals surface area contributed by atoms with E-state index in [2.05, 4.69) is 10.4 Å². The number of benzene rings is 1. The average Bonchev–Trinajstić information content (AvgIpc) is 2.68. The molecule has 2 rings (SSSR count). The maximum atomic E-state index is 11.4. The van der Waals surface area contributed by atoms with E-state index in [9.17, 15) is 4.79 Å². The predicted octanol–water partition coefficient (Wildman–Crippen LogP) is 1.80. The Kier molecular flexibility index (Phi) is 3.13. The van der Waals surface area contributed by atoms with E-state index >= 15 is 0 Å². The summed E-state index contributed by atoms with van der Waals surface area (Å²) in [5.41, 5.74) is 3.03. The Balaban J connectivity index is 2.17. The first-order valence-corrected chi connectivity index (χ1v) is 5.70. The molecule has 90 valence electrons. The minimum absolute atomic E-state index is 0.0521. The predicted molar refractivity (Wildman–Crippen MR) is 68.1 cm³/mol. The molecule has 1 aliphatic rings. The van der Waals surface area contributed by atoms with Crippen molar-refractivity contribution in [1.82, 2.24) is 10.3 Å². The van der Waals surface area contributed by atoms with E-state index < -0.39 is 0 Å². The van der Waals surface area contributed by atoms with Crippen LogP contribution in [0.5, 0.6) is 0 Å². The molecule has 4 nitrogen and oxygen atoms in total. The summed E-state index contributed by atoms with van der Waals surface area (Å²) >= 11 is 0. The van der Waals surface area contributed by atoms with Crippen LogP contribution >= 0.6 is 0 Å². The fourth-order valence-electron chi connectivity index (χ4n) is 2.13. The normalized spacial score (nSPS) is 19.1. The summed E-state index contributed by atoms with van der Waals surface area (Å²) in [5.74, 6) is -0.0521. The Bertz CT molecular complexity index is 450. The lowest BCUT2D eigenvalue weighted by atomic mass is 10.0. The van der Waals surface area contributed by atoms with Crippen LogP contribution in [-0.4, -0.2) is 30.7 Å². The molecular weight excluding hydrogens is 214 g/mol. The summed E-state index contributed by atoms with van der Waals surface area (Å²) in [6, 6.07) is 8.01. The summed E-state index contributed by atoms with van der Waals surface area (Å²) in [5, 5.41) is 8.98. The minimum Gasteiger partial charge on any atom is -0.355 e. The van der Waals surface area contributed by atoms with Crippen molar-refractivity contribution in [1.29, 1.82) is 0 Å². The van der Waals surface area contributed by atoms with Crippen molar-refractivity contribution >= 4 is 11.6 Å². The van der Waals surface area contributed by atoms with Gasteiger partial charge in [0.25, 0.3) is 5.91 Å². The van der Waals surface area contributed by atoms with Gasteiger partial charge in [-0.1, -0.05) is 12.1 Å². The molecule has 0 bridgehead atoms. The summed E-state index contributed by atoms with van der Waals surface area (Å²) < 4.78 is 0. The minimum atomic E-state index is -0.0521. The number of nitrogens with zero attached hydrogens (tertiary/aromatic N) is 2. The molecule has 1 heterocycles. The van der Waals surface area contributed by atoms with Crippen LogP contribution in [0, 0.1) is 0 Å². The van der Waals surface area contributed by atoms with E-state index in [1.54, 1.807) is 7.05 Å². The van der Waals surface area contributed by atoms with Crippen LogP contribution in [0.3, 0.4) is 0 Å². The maximum absolute atomic E-state index is 11.4. The van der Waals surface area contributed by atoms with Gasteiger partial charge in [0.15, 0.2) is 0 Å². The fraction of sp³-hybridized carbons (Fsp3) is 0.385. The number of rotatable bonds is 2. The van der Waals surface area contributed by atoms with Crippen molar-refractivity contribution in [2.45, 2.75) is 19.4 Å². The Labute approximate surface area is 101 Å². The maximum Gasteiger partial charge on any atom is 0.251 e. The van der Waals surface area contributed by atoms with Gasteiger partial charge in [0.05, 0.1) is 6.04 Å². The van der Waals surface area contributed by atoms with Crippen molar-refractivity contribution in [3.05, 3.63) is 35.4 Å². The quantitative estimate of drug-likeness (QED) is 0.843. The van der Waals surface area contributed by atoms with Crippen LogP contribution in [0.2, 0.25) is 0 Å². The first kappa shape index (κ1) is 11.6. The highest BCUT2D eigenvalue weighted by Crippen LogP contribution is 2.28. The van der Waals surface area contributed by atoms with Crippen LogP contribution in [0.1, 0.15) is 35.3 Å². The molecule has 0 saturated carbocycles. The van der Waals surface area contributed by atoms with E-state index in [4.69, 9.17) is 0 Å². The lowest BCUT2D eigenvalue weighted by Crippen LogP contribution is -2.18. The second-order valence-corrected chi connectivity index (χ2v) is 4.33. The van der Waals surface area contributed by atoms with Gasteiger partial charge in [-0.15, -0.1) is 0 Å². The standard InChI is InChI=1S/C13H17N3O/c1-9-8-12(16(3)15-9)10-4-6-11(7-5-10)13(17)14-2/h4-7,12H,8H2,1-3H3,(H,14,17). The van der Waals surface area contributed by atoms with Crippen LogP contribution in [-0.2, 0) is 0 Å². The fourth-order valence-corrected chi connectivity index (χ4v) is 2.13. The number of carbonyl (C=O) groups excluding carboxylic acids is 1. The van der Waals surface area contributed by atoms with E-state index in [-0.39, 0.29) is 5.91 Å². The van der Waals surface area contributed by atoms with Crippen LogP contribution in [0.4, 0.5) is 0 Å². The van der Waals surface area contributed by atoms with E-state index in [0.29, 0.717) is 11.6 Å². The van der Waals surface area contributed by atoms with Crippen molar-refractivity contribution in [2.24, 2.45) is 5.10 Å². The topological polar surface area (TPSA) is 44.7 Å². The molecule has 0 spiro atoms. The zero-order valence-electron chi connectivity index (χ0n) is 10.4. The Morgan fingerprint density at radius 2 is 2.06 bits per heavy atom. The van der Waals surface area contributed by atoms with Gasteiger partial charge in [-0.25, -0.2) is 0 Å². The molecule has 4 heteroatoms. The molecule has 1 N–H and O–H groups in total. The lowest BCUT2D eigenvalue weighted by molar-refractivity contribution is 0.0963. The molecule has 1 amide bonds. The third-order valence-electron chi connectivity index (χ3n) is 3.05. The molecular formula is C13H17N3O. The highest BCUT2D eigenvalue weighted by molar-refractivity contribution is 5.94. The zero-order chi connectivity index (χ0) is 12.4. The van der Waals surface area contributed by atoms with Gasteiger partial charge < -0.3 is 5.32 Å². The van der Waals surface area contributed by atoms with Gasteiger partial charge in [0.2, 0.25) is 0 Å². The number of hydrazone groups is 1. The molecule has 0 aromatic heterocycles. The van der Waals surface area contributed by atoms with Gasteiger partial charge in [0.1, 0.15) is 0 Å². The van der Waals surface area contributed by atoms with E-state index in [0.717, 1.165) is 12.1 Å². The van der Waals surface area contributed by atoms with E-state index in [1.807, 2.05) is 43.2 Å². The second kappa shape index (κ2) is 4.57. The zero-order valence-corrected chi connectivity index (χ0v) is 10.4. The third kappa shape index (κ3) is 2.30. The van der Waals surface area contributed by atoms with Crippen molar-refractivity contribution in [2.75, 3.05) is 14.1 Å². The number of nitrogens with one attached hydrogen (secondary N) is 1. The smallest absolute Gasteiger partial charge is 0.251 e. The average molecular weight is 231 g/mol. The molecule has 1 aromatic carbocycles. The summed E-state index contributed by atoms with van der Waals surface area (Å²) in [6.07, 6.45) is 0.954. The van der Waals surface area contributed by atoms with Gasteiger partial charge in [-0.05, 0) is 24.6 Å². The number of hydrogen-bond acceptors (Lipinski definition) is 3. The van der Waals surface area contributed by atoms with Crippen LogP contribution in [0.15, 0.2) is 29.4 Å². The molecule has 0 fully saturated rings. The molecule has 1 unspecified atom stereocenters. The molecule has 1 aromatic rings. The van der Waals surface area contributed by atoms with Gasteiger partial charge >= 0.3 is 0 Å². The molecule has 0 radical (unpaired) electrons. The van der Waals surface area contributed by atoms with Crippen LogP contribution < -0.4 is 5.32 Å². The molecule has 0 saturated heterocycles. The van der Waals surface area contributed by atoms with Crippen LogP contribution in [0.25, 0.3) is 0 Å². The number of carbonyl (C=O) groups is 1. The lowest BCUT2D eigenvalue weighted by Gasteiger charge is -2.19. The highest BCUT2D eigenvalue weighted by atomic mass is 16.1. The molecule has 1 aliphatic heterocycles. The summed E-state index contributed by atoms with van der Waals surface area (Å²) in [4.78, 5) is 11.4. The molecule has 0 aliphatic carbocycles. The Hall–Kier alpha value is -1.84. The first-order valence-electron chi connectivity index (χ1n) is 5.70. The van der Waals surface area contributed by atoms with Gasteiger partial charge in [-0.2, -0.15) is 5.10 Å². The second-order valence-electron chi connectivity index (χ2n) is 4.33. The SMILES string of the molecule is CNC(=O)c1ccc(C2CC(C)=NN2C)cc1. The van der Waals surface area contributed by atoms with Gasteiger partial charge in [-0.3, -0.25) is 9.80 Å². The van der Waals surface area contributed by atoms with Crippen molar-refractivity contribution in [3.63, 3.8) is 0 Å². The van der Waals surface area contributed by atoms with Crippen molar-refractivity contribution < 1.29 is 4.79 Å². The summed E-state index contributed by atoms with van der Waals surface area (Å²) in [6.45, 7) is 2.04. The van der Waals surface area contributed by atoms with Crippen molar-refractivity contribution in [3.8, 4) is 0 Å². The molecule has 1 atom stereocenters. The summed E-state index contributed by atoms with van der Waals surface area (Å²) in [7, 11) is 3.62. The molecule has 17 heavy (non-hydrogen) atoms. The largest absolute Gasteiger partial charge is 0.355 e. The monoisotopic (exact) mass is 231 g/mol. The first-order chi connectivity index (χ1) is 8.11. The number of amides is 1. The third-order valence-corrected chi connectivity index (χ3v) is 3.05. The highest BCUT2D eigenvalue weighted by Gasteiger charge is 2.22. The Morgan fingerprint density at radius 3 is 2.53 bits per heavy atom. The van der Waals surface area contributed by atoms with E-state index in [1.165, 1.54) is 5.56 Å².